The summed E-state index contributed by atoms with van der Waals surface area (Å²) in [5, 5.41) is 0. The highest BCUT2D eigenvalue weighted by Gasteiger charge is 2.09. The maximum absolute atomic E-state index is 5.66. The molecule has 0 saturated carbocycles. The summed E-state index contributed by atoms with van der Waals surface area (Å²) in [5.74, 6) is 3.73. The van der Waals surface area contributed by atoms with Crippen LogP contribution < -0.4 is 18.9 Å². The van der Waals surface area contributed by atoms with Crippen LogP contribution in [0.4, 0.5) is 0 Å². The zero-order valence-corrected chi connectivity index (χ0v) is 61.6. The Kier molecular flexibility index (Phi) is 31.2. The van der Waals surface area contributed by atoms with Crippen LogP contribution in [0, 0.1) is 0 Å². The van der Waals surface area contributed by atoms with Crippen molar-refractivity contribution in [2.75, 3.05) is 26.4 Å². The fourth-order valence-electron chi connectivity index (χ4n) is 11.5. The van der Waals surface area contributed by atoms with Crippen molar-refractivity contribution < 1.29 is 18.9 Å². The SMILES string of the molecule is CCCCCc1ccc(-c2ccc(-c3ccc(OCCC)cc3)cc2)cn1.CCCCc1ccc(-c2ccc(-c3ccc(OCCC)cc3)cc2)cn1.CCCOc1ccc(-c2ccc(-c3ccc(CC)nc3)cc2)cc1.CCCOc1ccc(-c2ccc(-c3ccc(CCC)nc3)cc2)cc1. The summed E-state index contributed by atoms with van der Waals surface area (Å²) >= 11 is 0. The minimum Gasteiger partial charge on any atom is -0.494 e. The Labute approximate surface area is 609 Å². The van der Waals surface area contributed by atoms with Crippen molar-refractivity contribution in [1.82, 2.24) is 19.9 Å². The first kappa shape index (κ1) is 75.8. The van der Waals surface area contributed by atoms with E-state index in [4.69, 9.17) is 18.9 Å². The van der Waals surface area contributed by atoms with Gasteiger partial charge < -0.3 is 18.9 Å². The molecule has 0 radical (unpaired) electrons. The molecule has 0 N–H and O–H groups in total. The van der Waals surface area contributed by atoms with Gasteiger partial charge >= 0.3 is 0 Å². The molecular formula is C94H104N4O4. The minimum atomic E-state index is 0.763. The number of nitrogens with zero attached hydrogens (tertiary/aromatic N) is 4. The molecule has 0 aliphatic heterocycles. The summed E-state index contributed by atoms with van der Waals surface area (Å²) in [7, 11) is 0. The van der Waals surface area contributed by atoms with Gasteiger partial charge in [-0.3, -0.25) is 19.9 Å². The molecule has 0 atom stereocenters. The van der Waals surface area contributed by atoms with Crippen LogP contribution in [-0.2, 0) is 25.7 Å². The van der Waals surface area contributed by atoms with E-state index in [9.17, 15) is 0 Å². The van der Waals surface area contributed by atoms with Crippen LogP contribution >= 0.6 is 0 Å². The second kappa shape index (κ2) is 42.0. The smallest absolute Gasteiger partial charge is 0.119 e. The molecule has 8 aromatic carbocycles. The number of pyridine rings is 4. The Bertz CT molecular complexity index is 4190. The maximum Gasteiger partial charge on any atom is 0.119 e. The van der Waals surface area contributed by atoms with Crippen molar-refractivity contribution >= 4 is 0 Å². The first-order valence-corrected chi connectivity index (χ1v) is 37.3. The second-order valence-corrected chi connectivity index (χ2v) is 25.6. The normalized spacial score (nSPS) is 10.7. The highest BCUT2D eigenvalue weighted by Crippen LogP contribution is 2.32. The highest BCUT2D eigenvalue weighted by atomic mass is 16.5. The molecule has 0 aliphatic carbocycles. The zero-order valence-electron chi connectivity index (χ0n) is 61.6. The summed E-state index contributed by atoms with van der Waals surface area (Å²) < 4.78 is 22.6. The molecule has 4 heterocycles. The quantitative estimate of drug-likeness (QED) is 0.0412. The van der Waals surface area contributed by atoms with Gasteiger partial charge in [0.25, 0.3) is 0 Å². The Morgan fingerprint density at radius 2 is 0.392 bits per heavy atom. The number of rotatable bonds is 30. The van der Waals surface area contributed by atoms with Crippen molar-refractivity contribution in [1.29, 1.82) is 0 Å². The molecule has 102 heavy (non-hydrogen) atoms. The van der Waals surface area contributed by atoms with Gasteiger partial charge in [-0.1, -0.05) is 251 Å². The molecule has 8 nitrogen and oxygen atoms in total. The molecule has 0 amide bonds. The van der Waals surface area contributed by atoms with Gasteiger partial charge in [-0.15, -0.1) is 0 Å². The van der Waals surface area contributed by atoms with Gasteiger partial charge in [-0.05, 0) is 204 Å². The lowest BCUT2D eigenvalue weighted by atomic mass is 10.0. The Hall–Kier alpha value is -10.4. The Balaban J connectivity index is 0.000000158. The van der Waals surface area contributed by atoms with E-state index in [1.807, 2.05) is 73.3 Å². The molecule has 4 aromatic heterocycles. The van der Waals surface area contributed by atoms with E-state index >= 15 is 0 Å². The Morgan fingerprint density at radius 1 is 0.186 bits per heavy atom. The number of unbranched alkanes of at least 4 members (excludes halogenated alkanes) is 3. The van der Waals surface area contributed by atoms with Crippen LogP contribution in [0.25, 0.3) is 89.0 Å². The average Bonchev–Trinajstić information content (AvgIpc) is 0.863. The van der Waals surface area contributed by atoms with Gasteiger partial charge in [0.2, 0.25) is 0 Å². The fraction of sp³-hybridized carbons (Fsp3) is 0.277. The maximum atomic E-state index is 5.66. The van der Waals surface area contributed by atoms with Crippen molar-refractivity contribution in [3.05, 3.63) is 290 Å². The van der Waals surface area contributed by atoms with E-state index in [-0.39, 0.29) is 0 Å². The monoisotopic (exact) mass is 1350 g/mol. The molecular weight excluding hydrogens is 1250 g/mol. The van der Waals surface area contributed by atoms with Gasteiger partial charge in [0.1, 0.15) is 23.0 Å². The third-order valence-corrected chi connectivity index (χ3v) is 17.5. The van der Waals surface area contributed by atoms with Crippen LogP contribution in [0.2, 0.25) is 0 Å². The fourth-order valence-corrected chi connectivity index (χ4v) is 11.5. The summed E-state index contributed by atoms with van der Waals surface area (Å²) in [6, 6.07) is 85.0. The van der Waals surface area contributed by atoms with Crippen LogP contribution in [-0.4, -0.2) is 46.4 Å². The van der Waals surface area contributed by atoms with Gasteiger partial charge in [-0.25, -0.2) is 0 Å². The molecule has 0 bridgehead atoms. The molecule has 0 unspecified atom stereocenters. The summed E-state index contributed by atoms with van der Waals surface area (Å²) in [5.41, 5.74) is 23.7. The lowest BCUT2D eigenvalue weighted by molar-refractivity contribution is 0.317. The van der Waals surface area contributed by atoms with E-state index in [0.717, 1.165) is 130 Å². The van der Waals surface area contributed by atoms with E-state index < -0.39 is 0 Å². The number of benzene rings is 8. The third kappa shape index (κ3) is 23.9. The summed E-state index contributed by atoms with van der Waals surface area (Å²) in [4.78, 5) is 18.2. The number of hydrogen-bond donors (Lipinski definition) is 0. The largest absolute Gasteiger partial charge is 0.494 e. The van der Waals surface area contributed by atoms with Crippen molar-refractivity contribution in [2.24, 2.45) is 0 Å². The van der Waals surface area contributed by atoms with Crippen molar-refractivity contribution in [3.63, 3.8) is 0 Å². The predicted molar refractivity (Wildman–Crippen MR) is 429 cm³/mol. The van der Waals surface area contributed by atoms with Crippen LogP contribution in [0.3, 0.4) is 0 Å². The van der Waals surface area contributed by atoms with E-state index in [1.165, 1.54) is 121 Å². The molecule has 0 saturated heterocycles. The standard InChI is InChI=1S/C25H29NO.C24H27NO.C23H25NO.C22H23NO/c1-3-5-6-7-24-15-12-23(19-26-24)22-10-8-20(9-11-22)21-13-16-25(17-14-21)27-18-4-2;1-3-5-6-23-14-11-22(18-25-23)21-9-7-19(8-10-21)20-12-15-24(16-13-20)26-17-4-2;1-3-5-22-13-10-21(17-24-22)20-8-6-18(7-9-20)19-11-14-23(15-12-19)25-16-4-2;1-3-15-24-22-13-10-18(11-14-22)17-5-7-19(8-6-17)20-9-12-21(4-2)23-16-20/h8-17,19H,3-7,18H2,1-2H3;7-16,18H,3-6,17H2,1-2H3;6-15,17H,3-5,16H2,1-2H3;5-14,16H,3-4,15H2,1-2H3. The first-order chi connectivity index (χ1) is 50.2. The molecule has 0 spiro atoms. The molecule has 0 aliphatic rings. The van der Waals surface area contributed by atoms with Gasteiger partial charge in [0.05, 0.1) is 26.4 Å². The van der Waals surface area contributed by atoms with Crippen LogP contribution in [0.1, 0.15) is 142 Å². The number of hydrogen-bond acceptors (Lipinski definition) is 8. The summed E-state index contributed by atoms with van der Waals surface area (Å²) in [6.45, 7) is 20.2. The summed E-state index contributed by atoms with van der Waals surface area (Å²) in [6.07, 6.45) is 23.4. The minimum absolute atomic E-state index is 0.763. The van der Waals surface area contributed by atoms with Gasteiger partial charge in [-0.2, -0.15) is 0 Å². The van der Waals surface area contributed by atoms with Gasteiger partial charge in [0, 0.05) is 69.8 Å². The van der Waals surface area contributed by atoms with Gasteiger partial charge in [0.15, 0.2) is 0 Å². The van der Waals surface area contributed by atoms with E-state index in [1.54, 1.807) is 0 Å². The number of ether oxygens (including phenoxy) is 4. The Morgan fingerprint density at radius 3 is 0.598 bits per heavy atom. The predicted octanol–water partition coefficient (Wildman–Crippen LogP) is 25.4. The van der Waals surface area contributed by atoms with Crippen molar-refractivity contribution in [2.45, 2.75) is 145 Å². The lowest BCUT2D eigenvalue weighted by Crippen LogP contribution is -1.94. The number of aromatic nitrogens is 4. The lowest BCUT2D eigenvalue weighted by Gasteiger charge is -2.08. The highest BCUT2D eigenvalue weighted by molar-refractivity contribution is 5.74. The topological polar surface area (TPSA) is 88.5 Å². The van der Waals surface area contributed by atoms with Crippen LogP contribution in [0.15, 0.2) is 267 Å². The van der Waals surface area contributed by atoms with E-state index in [0.29, 0.717) is 0 Å². The molecule has 524 valence electrons. The van der Waals surface area contributed by atoms with Crippen LogP contribution in [0.5, 0.6) is 23.0 Å². The molecule has 8 heteroatoms. The molecule has 0 fully saturated rings. The van der Waals surface area contributed by atoms with E-state index in [2.05, 4.69) is 269 Å². The first-order valence-electron chi connectivity index (χ1n) is 37.3. The molecule has 12 rings (SSSR count). The zero-order chi connectivity index (χ0) is 71.4. The third-order valence-electron chi connectivity index (χ3n) is 17.5. The number of aryl methyl sites for hydroxylation is 4. The second-order valence-electron chi connectivity index (χ2n) is 25.6. The van der Waals surface area contributed by atoms with Crippen molar-refractivity contribution in [3.8, 4) is 112 Å². The molecule has 12 aromatic rings. The average molecular weight is 1350 g/mol.